The summed E-state index contributed by atoms with van der Waals surface area (Å²) in [7, 11) is -3.60. The molecule has 3 aromatic rings. The smallest absolute Gasteiger partial charge is 0.256 e. The number of benzene rings is 2. The molecule has 0 radical (unpaired) electrons. The molecule has 1 saturated heterocycles. The molecule has 1 aliphatic rings. The fourth-order valence-electron chi connectivity index (χ4n) is 3.44. The summed E-state index contributed by atoms with van der Waals surface area (Å²) in [5.41, 5.74) is 1.04. The Balaban J connectivity index is 1.53. The molecule has 2 heterocycles. The van der Waals surface area contributed by atoms with Crippen molar-refractivity contribution in [1.82, 2.24) is 14.1 Å². The van der Waals surface area contributed by atoms with Crippen LogP contribution in [0.2, 0.25) is 10.0 Å². The molecule has 0 unspecified atom stereocenters. The molecule has 31 heavy (non-hydrogen) atoms. The van der Waals surface area contributed by atoms with Crippen molar-refractivity contribution in [3.05, 3.63) is 75.9 Å². The Hall–Kier alpha value is -2.39. The van der Waals surface area contributed by atoms with Crippen LogP contribution in [0.25, 0.3) is 0 Å². The molecule has 162 valence electrons. The zero-order valence-corrected chi connectivity index (χ0v) is 18.8. The number of carbonyl (C=O) groups excluding carboxylic acids is 1. The first-order valence-corrected chi connectivity index (χ1v) is 11.9. The molecule has 4 rings (SSSR count). The number of sulfonamides is 1. The number of hydrogen-bond donors (Lipinski definition) is 1. The molecule has 0 atom stereocenters. The summed E-state index contributed by atoms with van der Waals surface area (Å²) in [6.07, 6.45) is 3.26. The first kappa shape index (κ1) is 21.8. The van der Waals surface area contributed by atoms with Crippen molar-refractivity contribution >= 4 is 45.0 Å². The van der Waals surface area contributed by atoms with E-state index in [4.69, 9.17) is 23.2 Å². The number of hydrogen-bond acceptors (Lipinski definition) is 4. The van der Waals surface area contributed by atoms with Crippen LogP contribution in [0, 0.1) is 0 Å². The lowest BCUT2D eigenvalue weighted by Gasteiger charge is -2.16. The Bertz CT molecular complexity index is 1220. The molecule has 0 bridgehead atoms. The molecule has 0 spiro atoms. The van der Waals surface area contributed by atoms with E-state index in [1.165, 1.54) is 16.4 Å². The highest BCUT2D eigenvalue weighted by Crippen LogP contribution is 2.24. The van der Waals surface area contributed by atoms with Gasteiger partial charge in [0.05, 0.1) is 17.6 Å². The number of nitrogens with zero attached hydrogens (tertiary/aromatic N) is 3. The Kier molecular flexibility index (Phi) is 6.34. The minimum absolute atomic E-state index is 0.114. The molecule has 2 aromatic carbocycles. The monoisotopic (exact) mass is 478 g/mol. The van der Waals surface area contributed by atoms with Crippen molar-refractivity contribution in [1.29, 1.82) is 0 Å². The van der Waals surface area contributed by atoms with Gasteiger partial charge in [-0.15, -0.1) is 0 Å². The zero-order valence-electron chi connectivity index (χ0n) is 16.5. The fraction of sp³-hybridized carbons (Fsp3) is 0.238. The van der Waals surface area contributed by atoms with Crippen molar-refractivity contribution in [3.8, 4) is 0 Å². The third-order valence-electron chi connectivity index (χ3n) is 5.09. The first-order valence-electron chi connectivity index (χ1n) is 9.72. The maximum Gasteiger partial charge on any atom is 0.256 e. The largest absolute Gasteiger partial charge is 0.307 e. The summed E-state index contributed by atoms with van der Waals surface area (Å²) in [6, 6.07) is 12.9. The number of nitrogens with one attached hydrogen (secondary N) is 1. The van der Waals surface area contributed by atoms with E-state index in [9.17, 15) is 13.2 Å². The van der Waals surface area contributed by atoms with E-state index < -0.39 is 15.9 Å². The van der Waals surface area contributed by atoms with Crippen molar-refractivity contribution in [3.63, 3.8) is 0 Å². The Morgan fingerprint density at radius 3 is 2.58 bits per heavy atom. The lowest BCUT2D eigenvalue weighted by molar-refractivity contribution is 0.102. The Morgan fingerprint density at radius 2 is 1.84 bits per heavy atom. The maximum atomic E-state index is 12.8. The van der Waals surface area contributed by atoms with Crippen molar-refractivity contribution in [2.24, 2.45) is 0 Å². The summed E-state index contributed by atoms with van der Waals surface area (Å²) in [5.74, 6) is 0.0336. The summed E-state index contributed by atoms with van der Waals surface area (Å²) in [5, 5.41) is 8.06. The molecular formula is C21H20Cl2N4O3S. The van der Waals surface area contributed by atoms with Crippen LogP contribution in [0.3, 0.4) is 0 Å². The van der Waals surface area contributed by atoms with Gasteiger partial charge in [-0.25, -0.2) is 13.1 Å². The number of carbonyl (C=O) groups is 1. The number of rotatable bonds is 6. The summed E-state index contributed by atoms with van der Waals surface area (Å²) in [4.78, 5) is 12.9. The third kappa shape index (κ3) is 4.77. The standard InChI is InChI=1S/C21H20Cl2N4O3S/c22-17-7-6-16(19(23)13-17)14-27-20(8-9-24-27)25-21(28)15-4-3-5-18(12-15)31(29,30)26-10-1-2-11-26/h3-9,12-13H,1-2,10-11,14H2,(H,25,28). The van der Waals surface area contributed by atoms with Gasteiger partial charge in [-0.1, -0.05) is 35.3 Å². The molecule has 1 amide bonds. The van der Waals surface area contributed by atoms with Crippen LogP contribution in [-0.2, 0) is 16.6 Å². The second kappa shape index (κ2) is 9.00. The first-order chi connectivity index (χ1) is 14.8. The number of anilines is 1. The van der Waals surface area contributed by atoms with Gasteiger partial charge in [-0.3, -0.25) is 4.79 Å². The number of amides is 1. The average molecular weight is 479 g/mol. The predicted molar refractivity (Wildman–Crippen MR) is 120 cm³/mol. The minimum atomic E-state index is -3.60. The highest BCUT2D eigenvalue weighted by molar-refractivity contribution is 7.89. The van der Waals surface area contributed by atoms with Crippen molar-refractivity contribution in [2.75, 3.05) is 18.4 Å². The second-order valence-electron chi connectivity index (χ2n) is 7.20. The van der Waals surface area contributed by atoms with Crippen molar-refractivity contribution < 1.29 is 13.2 Å². The van der Waals surface area contributed by atoms with Crippen LogP contribution in [0.5, 0.6) is 0 Å². The third-order valence-corrected chi connectivity index (χ3v) is 7.57. The Labute approximate surface area is 190 Å². The summed E-state index contributed by atoms with van der Waals surface area (Å²) in [6.45, 7) is 1.35. The van der Waals surface area contributed by atoms with Gasteiger partial charge in [0.2, 0.25) is 10.0 Å². The molecule has 0 aliphatic carbocycles. The van der Waals surface area contributed by atoms with Crippen LogP contribution in [0.1, 0.15) is 28.8 Å². The van der Waals surface area contributed by atoms with E-state index >= 15 is 0 Å². The van der Waals surface area contributed by atoms with Gasteiger partial charge in [0, 0.05) is 34.8 Å². The topological polar surface area (TPSA) is 84.3 Å². The summed E-state index contributed by atoms with van der Waals surface area (Å²) >= 11 is 12.2. The molecular weight excluding hydrogens is 459 g/mol. The van der Waals surface area contributed by atoms with E-state index in [-0.39, 0.29) is 10.5 Å². The molecule has 1 aromatic heterocycles. The highest BCUT2D eigenvalue weighted by atomic mass is 35.5. The van der Waals surface area contributed by atoms with E-state index in [1.807, 2.05) is 0 Å². The minimum Gasteiger partial charge on any atom is -0.307 e. The molecule has 1 fully saturated rings. The molecule has 7 nitrogen and oxygen atoms in total. The van der Waals surface area contributed by atoms with E-state index in [1.54, 1.807) is 47.3 Å². The lowest BCUT2D eigenvalue weighted by Crippen LogP contribution is -2.28. The van der Waals surface area contributed by atoms with Gasteiger partial charge in [0.15, 0.2) is 0 Å². The van der Waals surface area contributed by atoms with Gasteiger partial charge < -0.3 is 5.32 Å². The fourth-order valence-corrected chi connectivity index (χ4v) is 5.47. The second-order valence-corrected chi connectivity index (χ2v) is 9.98. The summed E-state index contributed by atoms with van der Waals surface area (Å²) < 4.78 is 28.6. The number of halogens is 2. The SMILES string of the molecule is O=C(Nc1ccnn1Cc1ccc(Cl)cc1Cl)c1cccc(S(=O)(=O)N2CCCC2)c1. The normalized spacial score (nSPS) is 14.6. The van der Waals surface area contributed by atoms with Gasteiger partial charge in [-0.2, -0.15) is 9.40 Å². The highest BCUT2D eigenvalue weighted by Gasteiger charge is 2.27. The van der Waals surface area contributed by atoms with E-state index in [0.29, 0.717) is 35.5 Å². The molecule has 0 saturated carbocycles. The van der Waals surface area contributed by atoms with E-state index in [0.717, 1.165) is 18.4 Å². The molecule has 1 aliphatic heterocycles. The maximum absolute atomic E-state index is 12.8. The zero-order chi connectivity index (χ0) is 22.0. The van der Waals surface area contributed by atoms with Crippen LogP contribution >= 0.6 is 23.2 Å². The quantitative estimate of drug-likeness (QED) is 0.572. The molecule has 10 heteroatoms. The van der Waals surface area contributed by atoms with Gasteiger partial charge in [0.25, 0.3) is 5.91 Å². The van der Waals surface area contributed by atoms with Crippen LogP contribution in [-0.4, -0.2) is 41.5 Å². The number of aromatic nitrogens is 2. The predicted octanol–water partition coefficient (Wildman–Crippen LogP) is 4.28. The average Bonchev–Trinajstić information content (AvgIpc) is 3.43. The molecule has 1 N–H and O–H groups in total. The van der Waals surface area contributed by atoms with Crippen LogP contribution in [0.4, 0.5) is 5.82 Å². The van der Waals surface area contributed by atoms with Crippen LogP contribution < -0.4 is 5.32 Å². The van der Waals surface area contributed by atoms with Gasteiger partial charge in [0.1, 0.15) is 5.82 Å². The van der Waals surface area contributed by atoms with Gasteiger partial charge >= 0.3 is 0 Å². The lowest BCUT2D eigenvalue weighted by atomic mass is 10.2. The Morgan fingerprint density at radius 1 is 1.06 bits per heavy atom. The van der Waals surface area contributed by atoms with Crippen molar-refractivity contribution in [2.45, 2.75) is 24.3 Å². The van der Waals surface area contributed by atoms with Gasteiger partial charge in [-0.05, 0) is 48.7 Å². The van der Waals surface area contributed by atoms with Crippen LogP contribution in [0.15, 0.2) is 59.6 Å². The van der Waals surface area contributed by atoms with E-state index in [2.05, 4.69) is 10.4 Å².